The second kappa shape index (κ2) is 11.1. The maximum Gasteiger partial charge on any atom is 0.273 e. The Morgan fingerprint density at radius 1 is 1.08 bits per heavy atom. The Hall–Kier alpha value is -3.80. The van der Waals surface area contributed by atoms with Crippen LogP contribution in [0.25, 0.3) is 0 Å². The van der Waals surface area contributed by atoms with Gasteiger partial charge in [-0.3, -0.25) is 24.2 Å². The van der Waals surface area contributed by atoms with Gasteiger partial charge in [0, 0.05) is 17.8 Å². The monoisotopic (exact) mass is 532 g/mol. The molecule has 2 N–H and O–H groups in total. The number of nitrogens with one attached hydrogen (secondary N) is 1. The lowest BCUT2D eigenvalue weighted by atomic mass is 10.1. The Morgan fingerprint density at radius 3 is 2.54 bits per heavy atom. The first-order chi connectivity index (χ1) is 17.7. The highest BCUT2D eigenvalue weighted by atomic mass is 35.5. The van der Waals surface area contributed by atoms with E-state index in [1.165, 1.54) is 32.7 Å². The third-order valence-electron chi connectivity index (χ3n) is 5.79. The highest BCUT2D eigenvalue weighted by Crippen LogP contribution is 2.37. The number of likely N-dealkylation sites (N-methyl/N-ethyl adjacent to an activating group) is 1. The van der Waals surface area contributed by atoms with Gasteiger partial charge in [-0.1, -0.05) is 17.7 Å². The summed E-state index contributed by atoms with van der Waals surface area (Å²) in [5.74, 6) is -2.27. The van der Waals surface area contributed by atoms with E-state index in [4.69, 9.17) is 16.3 Å². The first-order valence-electron chi connectivity index (χ1n) is 11.2. The molecule has 0 saturated carbocycles. The summed E-state index contributed by atoms with van der Waals surface area (Å²) in [4.78, 5) is 40.4. The molecule has 12 heteroatoms. The summed E-state index contributed by atoms with van der Waals surface area (Å²) in [6.07, 6.45) is 1.46. The van der Waals surface area contributed by atoms with Crippen molar-refractivity contribution in [1.82, 2.24) is 9.88 Å². The molecule has 3 aromatic rings. The van der Waals surface area contributed by atoms with E-state index >= 15 is 0 Å². The second-order valence-corrected chi connectivity index (χ2v) is 8.63. The van der Waals surface area contributed by atoms with Crippen LogP contribution < -0.4 is 25.4 Å². The van der Waals surface area contributed by atoms with Crippen molar-refractivity contribution in [3.05, 3.63) is 86.8 Å². The van der Waals surface area contributed by atoms with Crippen LogP contribution >= 0.6 is 11.6 Å². The van der Waals surface area contributed by atoms with Crippen LogP contribution in [0.3, 0.4) is 0 Å². The zero-order valence-corrected chi connectivity index (χ0v) is 20.5. The molecule has 194 valence electrons. The lowest BCUT2D eigenvalue weighted by Crippen LogP contribution is -2.42. The molecule has 2 heterocycles. The van der Waals surface area contributed by atoms with Gasteiger partial charge < -0.3 is 19.7 Å². The number of pyridine rings is 1. The number of anilines is 2. The van der Waals surface area contributed by atoms with Gasteiger partial charge in [0.05, 0.1) is 24.5 Å². The van der Waals surface area contributed by atoms with Crippen molar-refractivity contribution < 1.29 is 28.2 Å². The van der Waals surface area contributed by atoms with Crippen molar-refractivity contribution in [2.75, 3.05) is 36.7 Å². The minimum Gasteiger partial charge on any atom is -0.487 e. The summed E-state index contributed by atoms with van der Waals surface area (Å²) in [6, 6.07) is 9.59. The summed E-state index contributed by atoms with van der Waals surface area (Å²) in [5, 5.41) is 11.9. The number of fused-ring (bicyclic) bond motifs is 1. The zero-order chi connectivity index (χ0) is 26.7. The van der Waals surface area contributed by atoms with E-state index in [1.807, 2.05) is 0 Å². The number of hydrogen-bond acceptors (Lipinski definition) is 6. The number of carbonyl (C=O) groups excluding carboxylic acids is 2. The third-order valence-corrected chi connectivity index (χ3v) is 6.14. The van der Waals surface area contributed by atoms with Gasteiger partial charge in [0.1, 0.15) is 42.3 Å². The highest BCUT2D eigenvalue weighted by Gasteiger charge is 2.33. The van der Waals surface area contributed by atoms with Crippen LogP contribution in [0.5, 0.6) is 5.75 Å². The standard InChI is InChI=1S/C25H23ClF2N4O5/c1-29-10-22(34)31-14-32(23(35)12-33)20-8-15(2-5-19(20)31)11-30-7-6-21(24(26)25(30)36)37-13-16-3-4-17(27)9-18(16)28/h2-9,29,33H,10-14H2,1H3. The van der Waals surface area contributed by atoms with Gasteiger partial charge in [-0.15, -0.1) is 0 Å². The fourth-order valence-corrected chi connectivity index (χ4v) is 4.15. The van der Waals surface area contributed by atoms with Crippen molar-refractivity contribution in [2.45, 2.75) is 13.2 Å². The summed E-state index contributed by atoms with van der Waals surface area (Å²) >= 11 is 6.21. The molecule has 1 aromatic heterocycles. The fraction of sp³-hybridized carbons (Fsp3) is 0.240. The predicted molar refractivity (Wildman–Crippen MR) is 133 cm³/mol. The Labute approximate surface area is 215 Å². The molecule has 0 aliphatic carbocycles. The van der Waals surface area contributed by atoms with Gasteiger partial charge in [-0.25, -0.2) is 8.78 Å². The number of aromatic nitrogens is 1. The number of aliphatic hydroxyl groups is 1. The number of halogens is 3. The summed E-state index contributed by atoms with van der Waals surface area (Å²) < 4.78 is 33.8. The maximum absolute atomic E-state index is 13.9. The molecule has 0 saturated heterocycles. The molecule has 9 nitrogen and oxygen atoms in total. The number of rotatable bonds is 8. The van der Waals surface area contributed by atoms with Gasteiger partial charge in [0.25, 0.3) is 11.5 Å². The topological polar surface area (TPSA) is 104 Å². The van der Waals surface area contributed by atoms with Crippen molar-refractivity contribution >= 4 is 34.8 Å². The average Bonchev–Trinajstić information content (AvgIpc) is 3.26. The Balaban J connectivity index is 1.56. The van der Waals surface area contributed by atoms with E-state index in [1.54, 1.807) is 25.2 Å². The highest BCUT2D eigenvalue weighted by molar-refractivity contribution is 6.31. The molecule has 0 bridgehead atoms. The lowest BCUT2D eigenvalue weighted by Gasteiger charge is -2.18. The van der Waals surface area contributed by atoms with Gasteiger partial charge in [0.15, 0.2) is 0 Å². The molecule has 1 aliphatic rings. The van der Waals surface area contributed by atoms with Gasteiger partial charge in [-0.2, -0.15) is 0 Å². The molecule has 0 radical (unpaired) electrons. The van der Waals surface area contributed by atoms with E-state index in [9.17, 15) is 28.3 Å². The summed E-state index contributed by atoms with van der Waals surface area (Å²) in [5.41, 5.74) is 1.12. The molecule has 0 unspecified atom stereocenters. The molecule has 0 spiro atoms. The third kappa shape index (κ3) is 5.48. The number of ether oxygens (including phenoxy) is 1. The van der Waals surface area contributed by atoms with Crippen LogP contribution in [-0.4, -0.2) is 48.4 Å². The van der Waals surface area contributed by atoms with Crippen LogP contribution in [0.2, 0.25) is 5.02 Å². The molecule has 0 atom stereocenters. The van der Waals surface area contributed by atoms with Crippen molar-refractivity contribution in [3.8, 4) is 5.75 Å². The van der Waals surface area contributed by atoms with Crippen molar-refractivity contribution in [1.29, 1.82) is 0 Å². The SMILES string of the molecule is CNCC(=O)N1CN(C(=O)CO)c2cc(Cn3ccc(OCc4ccc(F)cc4F)c(Cl)c3=O)ccc21. The van der Waals surface area contributed by atoms with Crippen LogP contribution in [0.1, 0.15) is 11.1 Å². The minimum atomic E-state index is -0.777. The maximum atomic E-state index is 13.9. The molecule has 0 fully saturated rings. The van der Waals surface area contributed by atoms with E-state index in [0.717, 1.165) is 12.1 Å². The van der Waals surface area contributed by atoms with E-state index < -0.39 is 29.7 Å². The Kier molecular flexibility index (Phi) is 7.86. The van der Waals surface area contributed by atoms with Crippen LogP contribution in [0.4, 0.5) is 20.2 Å². The number of carbonyl (C=O) groups is 2. The number of hydrogen-bond donors (Lipinski definition) is 2. The van der Waals surface area contributed by atoms with Gasteiger partial charge in [0.2, 0.25) is 5.91 Å². The van der Waals surface area contributed by atoms with E-state index in [-0.39, 0.29) is 48.6 Å². The first-order valence-corrected chi connectivity index (χ1v) is 11.6. The van der Waals surface area contributed by atoms with Gasteiger partial charge >= 0.3 is 0 Å². The van der Waals surface area contributed by atoms with Crippen LogP contribution in [-0.2, 0) is 22.7 Å². The Morgan fingerprint density at radius 2 is 1.84 bits per heavy atom. The summed E-state index contributed by atoms with van der Waals surface area (Å²) in [7, 11) is 1.63. The number of nitrogens with zero attached hydrogens (tertiary/aromatic N) is 3. The quantitative estimate of drug-likeness (QED) is 0.461. The molecule has 2 aromatic carbocycles. The molecule has 37 heavy (non-hydrogen) atoms. The fourth-order valence-electron chi connectivity index (χ4n) is 3.92. The number of aliphatic hydroxyl groups excluding tert-OH is 1. The molecular formula is C25H23ClF2N4O5. The largest absolute Gasteiger partial charge is 0.487 e. The van der Waals surface area contributed by atoms with Crippen LogP contribution in [0.15, 0.2) is 53.5 Å². The van der Waals surface area contributed by atoms with E-state index in [0.29, 0.717) is 16.9 Å². The first kappa shape index (κ1) is 26.3. The molecule has 2 amide bonds. The number of benzene rings is 2. The molecular weight excluding hydrogens is 510 g/mol. The molecule has 1 aliphatic heterocycles. The molecule has 4 rings (SSSR count). The van der Waals surface area contributed by atoms with E-state index in [2.05, 4.69) is 5.32 Å². The second-order valence-electron chi connectivity index (χ2n) is 8.25. The van der Waals surface area contributed by atoms with Crippen molar-refractivity contribution in [2.24, 2.45) is 0 Å². The van der Waals surface area contributed by atoms with Crippen molar-refractivity contribution in [3.63, 3.8) is 0 Å². The Bertz CT molecular complexity index is 1410. The zero-order valence-electron chi connectivity index (χ0n) is 19.7. The summed E-state index contributed by atoms with van der Waals surface area (Å²) in [6.45, 7) is -0.860. The lowest BCUT2D eigenvalue weighted by molar-refractivity contribution is -0.121. The normalized spacial score (nSPS) is 12.6. The van der Waals surface area contributed by atoms with Crippen LogP contribution in [0, 0.1) is 11.6 Å². The smallest absolute Gasteiger partial charge is 0.273 e. The average molecular weight is 533 g/mol. The minimum absolute atomic E-state index is 0.0366. The number of amides is 2. The predicted octanol–water partition coefficient (Wildman–Crippen LogP) is 2.26. The van der Waals surface area contributed by atoms with Gasteiger partial charge in [-0.05, 0) is 42.9 Å².